The molecule has 0 aromatic heterocycles. The number of ether oxygens (including phenoxy) is 1. The SMILES string of the molecule is CN(CC1CCCOC1)C(=O)C1(CN)CC1. The van der Waals surface area contributed by atoms with E-state index in [9.17, 15) is 4.79 Å². The van der Waals surface area contributed by atoms with E-state index in [1.54, 1.807) is 0 Å². The van der Waals surface area contributed by atoms with Gasteiger partial charge in [-0.2, -0.15) is 0 Å². The molecule has 16 heavy (non-hydrogen) atoms. The number of amides is 1. The monoisotopic (exact) mass is 226 g/mol. The summed E-state index contributed by atoms with van der Waals surface area (Å²) in [5.41, 5.74) is 5.46. The predicted molar refractivity (Wildman–Crippen MR) is 61.9 cm³/mol. The van der Waals surface area contributed by atoms with Crippen LogP contribution in [0.15, 0.2) is 0 Å². The summed E-state index contributed by atoms with van der Waals surface area (Å²) in [4.78, 5) is 14.0. The fourth-order valence-corrected chi connectivity index (χ4v) is 2.48. The van der Waals surface area contributed by atoms with Gasteiger partial charge in [-0.1, -0.05) is 0 Å². The van der Waals surface area contributed by atoms with Crippen LogP contribution in [-0.4, -0.2) is 44.2 Å². The molecule has 0 spiro atoms. The van der Waals surface area contributed by atoms with Crippen LogP contribution in [-0.2, 0) is 9.53 Å². The van der Waals surface area contributed by atoms with E-state index >= 15 is 0 Å². The minimum absolute atomic E-state index is 0.204. The van der Waals surface area contributed by atoms with Gasteiger partial charge in [0.1, 0.15) is 0 Å². The van der Waals surface area contributed by atoms with Gasteiger partial charge >= 0.3 is 0 Å². The minimum atomic E-state index is -0.204. The molecule has 1 heterocycles. The summed E-state index contributed by atoms with van der Waals surface area (Å²) < 4.78 is 5.43. The molecule has 0 aromatic rings. The van der Waals surface area contributed by atoms with Crippen molar-refractivity contribution in [2.75, 3.05) is 33.4 Å². The van der Waals surface area contributed by atoms with Crippen LogP contribution >= 0.6 is 0 Å². The fourth-order valence-electron chi connectivity index (χ4n) is 2.48. The normalized spacial score (nSPS) is 27.5. The van der Waals surface area contributed by atoms with Crippen molar-refractivity contribution in [2.45, 2.75) is 25.7 Å². The highest BCUT2D eigenvalue weighted by Crippen LogP contribution is 2.46. The van der Waals surface area contributed by atoms with Crippen molar-refractivity contribution in [3.8, 4) is 0 Å². The summed E-state index contributed by atoms with van der Waals surface area (Å²) in [7, 11) is 1.90. The Morgan fingerprint density at radius 2 is 2.31 bits per heavy atom. The Kier molecular flexibility index (Phi) is 3.50. The Hall–Kier alpha value is -0.610. The third kappa shape index (κ3) is 2.38. The van der Waals surface area contributed by atoms with Crippen molar-refractivity contribution in [2.24, 2.45) is 17.1 Å². The van der Waals surface area contributed by atoms with Crippen molar-refractivity contribution in [1.82, 2.24) is 4.90 Å². The van der Waals surface area contributed by atoms with Gasteiger partial charge in [-0.25, -0.2) is 0 Å². The first kappa shape index (κ1) is 11.9. The van der Waals surface area contributed by atoms with E-state index in [2.05, 4.69) is 0 Å². The highest BCUT2D eigenvalue weighted by atomic mass is 16.5. The van der Waals surface area contributed by atoms with Gasteiger partial charge in [0.05, 0.1) is 12.0 Å². The van der Waals surface area contributed by atoms with Gasteiger partial charge in [-0.05, 0) is 31.6 Å². The Bertz CT molecular complexity index is 258. The van der Waals surface area contributed by atoms with E-state index in [1.165, 1.54) is 6.42 Å². The number of carbonyl (C=O) groups excluding carboxylic acids is 1. The minimum Gasteiger partial charge on any atom is -0.381 e. The topological polar surface area (TPSA) is 55.6 Å². The van der Waals surface area contributed by atoms with Gasteiger partial charge in [-0.15, -0.1) is 0 Å². The molecule has 4 nitrogen and oxygen atoms in total. The number of carbonyl (C=O) groups is 1. The van der Waals surface area contributed by atoms with Gasteiger partial charge < -0.3 is 15.4 Å². The second-order valence-electron chi connectivity index (χ2n) is 5.25. The van der Waals surface area contributed by atoms with Crippen molar-refractivity contribution in [3.05, 3.63) is 0 Å². The summed E-state index contributed by atoms with van der Waals surface area (Å²) in [6.45, 7) is 2.99. The number of nitrogens with two attached hydrogens (primary N) is 1. The van der Waals surface area contributed by atoms with Crippen molar-refractivity contribution < 1.29 is 9.53 Å². The zero-order valence-electron chi connectivity index (χ0n) is 10.1. The summed E-state index contributed by atoms with van der Waals surface area (Å²) in [5, 5.41) is 0. The summed E-state index contributed by atoms with van der Waals surface area (Å²) in [6, 6.07) is 0. The molecule has 1 saturated heterocycles. The summed E-state index contributed by atoms with van der Waals surface area (Å²) >= 11 is 0. The first-order chi connectivity index (χ1) is 7.68. The molecule has 1 atom stereocenters. The van der Waals surface area contributed by atoms with Gasteiger partial charge in [0.2, 0.25) is 5.91 Å². The highest BCUT2D eigenvalue weighted by molar-refractivity contribution is 5.85. The molecule has 92 valence electrons. The first-order valence-electron chi connectivity index (χ1n) is 6.21. The molecular weight excluding hydrogens is 204 g/mol. The molecule has 1 aliphatic carbocycles. The van der Waals surface area contributed by atoms with Crippen LogP contribution in [0, 0.1) is 11.3 Å². The van der Waals surface area contributed by atoms with Crippen molar-refractivity contribution in [1.29, 1.82) is 0 Å². The largest absolute Gasteiger partial charge is 0.381 e. The van der Waals surface area contributed by atoms with E-state index < -0.39 is 0 Å². The maximum Gasteiger partial charge on any atom is 0.229 e. The lowest BCUT2D eigenvalue weighted by Gasteiger charge is -2.29. The quantitative estimate of drug-likeness (QED) is 0.764. The van der Waals surface area contributed by atoms with E-state index in [0.29, 0.717) is 12.5 Å². The Morgan fingerprint density at radius 1 is 1.56 bits per heavy atom. The molecule has 2 aliphatic rings. The molecule has 4 heteroatoms. The Labute approximate surface area is 97.1 Å². The van der Waals surface area contributed by atoms with Crippen LogP contribution in [0.2, 0.25) is 0 Å². The molecule has 1 saturated carbocycles. The fraction of sp³-hybridized carbons (Fsp3) is 0.917. The molecule has 2 N–H and O–H groups in total. The van der Waals surface area contributed by atoms with Gasteiger partial charge in [0.25, 0.3) is 0 Å². The third-order valence-electron chi connectivity index (χ3n) is 3.83. The molecule has 0 bridgehead atoms. The van der Waals surface area contributed by atoms with Gasteiger partial charge in [0, 0.05) is 26.7 Å². The molecule has 1 amide bonds. The lowest BCUT2D eigenvalue weighted by Crippen LogP contribution is -2.41. The predicted octanol–water partition coefficient (Wildman–Crippen LogP) is 0.610. The highest BCUT2D eigenvalue weighted by Gasteiger charge is 2.49. The number of hydrogen-bond acceptors (Lipinski definition) is 3. The molecule has 0 radical (unpaired) electrons. The van der Waals surface area contributed by atoms with Crippen molar-refractivity contribution >= 4 is 5.91 Å². The van der Waals surface area contributed by atoms with Crippen LogP contribution in [0.5, 0.6) is 0 Å². The van der Waals surface area contributed by atoms with Crippen LogP contribution in [0.1, 0.15) is 25.7 Å². The maximum atomic E-state index is 12.1. The number of rotatable bonds is 4. The average molecular weight is 226 g/mol. The van der Waals surface area contributed by atoms with Crippen LogP contribution in [0.3, 0.4) is 0 Å². The molecule has 2 fully saturated rings. The Morgan fingerprint density at radius 3 is 2.81 bits per heavy atom. The first-order valence-corrected chi connectivity index (χ1v) is 6.21. The maximum absolute atomic E-state index is 12.1. The summed E-state index contributed by atoms with van der Waals surface area (Å²) in [6.07, 6.45) is 4.23. The van der Waals surface area contributed by atoms with Crippen LogP contribution in [0.25, 0.3) is 0 Å². The number of nitrogens with zero attached hydrogens (tertiary/aromatic N) is 1. The van der Waals surface area contributed by atoms with E-state index in [4.69, 9.17) is 10.5 Å². The molecule has 1 aliphatic heterocycles. The molecule has 2 rings (SSSR count). The van der Waals surface area contributed by atoms with E-state index in [-0.39, 0.29) is 11.3 Å². The lowest BCUT2D eigenvalue weighted by molar-refractivity contribution is -0.136. The lowest BCUT2D eigenvalue weighted by atomic mass is 10.00. The standard InChI is InChI=1S/C12H22N2O2/c1-14(7-10-3-2-6-16-8-10)11(15)12(9-13)4-5-12/h10H,2-9,13H2,1H3. The molecule has 1 unspecified atom stereocenters. The third-order valence-corrected chi connectivity index (χ3v) is 3.83. The zero-order chi connectivity index (χ0) is 11.6. The average Bonchev–Trinajstić information content (AvgIpc) is 3.10. The second-order valence-corrected chi connectivity index (χ2v) is 5.25. The van der Waals surface area contributed by atoms with E-state index in [1.807, 2.05) is 11.9 Å². The summed E-state index contributed by atoms with van der Waals surface area (Å²) in [5.74, 6) is 0.747. The smallest absolute Gasteiger partial charge is 0.229 e. The second kappa shape index (κ2) is 4.72. The number of hydrogen-bond donors (Lipinski definition) is 1. The van der Waals surface area contributed by atoms with Gasteiger partial charge in [-0.3, -0.25) is 4.79 Å². The van der Waals surface area contributed by atoms with Crippen molar-refractivity contribution in [3.63, 3.8) is 0 Å². The van der Waals surface area contributed by atoms with Crippen LogP contribution < -0.4 is 5.73 Å². The van der Waals surface area contributed by atoms with Gasteiger partial charge in [0.15, 0.2) is 0 Å². The molecular formula is C12H22N2O2. The molecule has 0 aromatic carbocycles. The van der Waals surface area contributed by atoms with Crippen LogP contribution in [0.4, 0.5) is 0 Å². The Balaban J connectivity index is 1.82. The van der Waals surface area contributed by atoms with E-state index in [0.717, 1.165) is 39.0 Å². The zero-order valence-corrected chi connectivity index (χ0v) is 10.1.